The van der Waals surface area contributed by atoms with Gasteiger partial charge in [-0.25, -0.2) is 4.79 Å². The molecule has 0 radical (unpaired) electrons. The van der Waals surface area contributed by atoms with Gasteiger partial charge in [-0.15, -0.1) is 0 Å². The Balaban J connectivity index is 2.57. The standard InChI is InChI=1S/C16H20Cl2N2O3/c1-4-20(5-2)16(15(22)23-6-3)9-13(21)14-11(18)7-10(17)8-12(14)19-16/h7-8,19H,4-6,9H2,1-3H3. The second-order valence-electron chi connectivity index (χ2n) is 5.29. The number of anilines is 1. The molecule has 0 saturated carbocycles. The first kappa shape index (κ1) is 18.0. The van der Waals surface area contributed by atoms with Gasteiger partial charge in [0.1, 0.15) is 0 Å². The van der Waals surface area contributed by atoms with E-state index in [0.29, 0.717) is 29.4 Å². The lowest BCUT2D eigenvalue weighted by molar-refractivity contribution is -0.156. The van der Waals surface area contributed by atoms with Crippen LogP contribution in [0.2, 0.25) is 10.0 Å². The van der Waals surface area contributed by atoms with Crippen LogP contribution >= 0.6 is 23.2 Å². The predicted octanol–water partition coefficient (Wildman–Crippen LogP) is 3.59. The number of likely N-dealkylation sites (N-methyl/N-ethyl adjacent to an activating group) is 1. The summed E-state index contributed by atoms with van der Waals surface area (Å²) in [6.07, 6.45) is -0.0398. The van der Waals surface area contributed by atoms with Gasteiger partial charge >= 0.3 is 5.97 Å². The van der Waals surface area contributed by atoms with Gasteiger partial charge in [-0.2, -0.15) is 0 Å². The largest absolute Gasteiger partial charge is 0.463 e. The fourth-order valence-electron chi connectivity index (χ4n) is 3.00. The fraction of sp³-hybridized carbons (Fsp3) is 0.500. The molecule has 0 aromatic heterocycles. The van der Waals surface area contributed by atoms with Crippen molar-refractivity contribution in [2.24, 2.45) is 0 Å². The Morgan fingerprint density at radius 3 is 2.52 bits per heavy atom. The average molecular weight is 359 g/mol. The van der Waals surface area contributed by atoms with Gasteiger partial charge in [0.2, 0.25) is 0 Å². The first-order valence-electron chi connectivity index (χ1n) is 7.62. The van der Waals surface area contributed by atoms with Crippen LogP contribution in [0, 0.1) is 0 Å². The van der Waals surface area contributed by atoms with Crippen molar-refractivity contribution in [2.75, 3.05) is 25.0 Å². The van der Waals surface area contributed by atoms with Crippen molar-refractivity contribution in [3.8, 4) is 0 Å². The normalized spacial score (nSPS) is 20.2. The number of carbonyl (C=O) groups excluding carboxylic acids is 2. The molecule has 1 unspecified atom stereocenters. The highest BCUT2D eigenvalue weighted by Gasteiger charge is 2.50. The maximum Gasteiger partial charge on any atom is 0.347 e. The number of ketones is 1. The van der Waals surface area contributed by atoms with Crippen molar-refractivity contribution in [1.29, 1.82) is 0 Å². The minimum atomic E-state index is -1.24. The van der Waals surface area contributed by atoms with E-state index in [0.717, 1.165) is 0 Å². The van der Waals surface area contributed by atoms with Gasteiger partial charge in [0.05, 0.1) is 23.6 Å². The van der Waals surface area contributed by atoms with Gasteiger partial charge in [0.25, 0.3) is 0 Å². The SMILES string of the molecule is CCOC(=O)C1(N(CC)CC)CC(=O)c2c(Cl)cc(Cl)cc2N1. The first-order valence-corrected chi connectivity index (χ1v) is 8.37. The molecule has 1 N–H and O–H groups in total. The van der Waals surface area contributed by atoms with Gasteiger partial charge in [-0.3, -0.25) is 9.69 Å². The fourth-order valence-corrected chi connectivity index (χ4v) is 3.60. The second kappa shape index (κ2) is 7.07. The van der Waals surface area contributed by atoms with Crippen molar-refractivity contribution in [3.05, 3.63) is 27.7 Å². The number of hydrogen-bond donors (Lipinski definition) is 1. The molecule has 0 bridgehead atoms. The zero-order chi connectivity index (χ0) is 17.2. The Hall–Kier alpha value is -1.30. The Morgan fingerprint density at radius 1 is 1.30 bits per heavy atom. The second-order valence-corrected chi connectivity index (χ2v) is 6.13. The highest BCUT2D eigenvalue weighted by molar-refractivity contribution is 6.38. The molecule has 1 aliphatic rings. The maximum atomic E-state index is 12.7. The molecular weight excluding hydrogens is 339 g/mol. The summed E-state index contributed by atoms with van der Waals surface area (Å²) in [5, 5.41) is 3.85. The first-order chi connectivity index (χ1) is 10.9. The molecule has 1 aliphatic heterocycles. The van der Waals surface area contributed by atoms with E-state index in [1.165, 1.54) is 6.07 Å². The Bertz CT molecular complexity index is 632. The number of carbonyl (C=O) groups is 2. The molecule has 1 heterocycles. The Morgan fingerprint density at radius 2 is 1.96 bits per heavy atom. The van der Waals surface area contributed by atoms with E-state index in [4.69, 9.17) is 27.9 Å². The van der Waals surface area contributed by atoms with Crippen LogP contribution in [0.15, 0.2) is 12.1 Å². The molecule has 0 fully saturated rings. The molecule has 0 aliphatic carbocycles. The van der Waals surface area contributed by atoms with E-state index in [-0.39, 0.29) is 23.8 Å². The van der Waals surface area contributed by atoms with E-state index in [9.17, 15) is 9.59 Å². The molecule has 0 amide bonds. The molecule has 126 valence electrons. The molecule has 0 saturated heterocycles. The number of hydrogen-bond acceptors (Lipinski definition) is 5. The number of rotatable bonds is 5. The van der Waals surface area contributed by atoms with Crippen LogP contribution in [0.3, 0.4) is 0 Å². The van der Waals surface area contributed by atoms with Crippen LogP contribution in [0.4, 0.5) is 5.69 Å². The van der Waals surface area contributed by atoms with Crippen molar-refractivity contribution in [1.82, 2.24) is 4.90 Å². The van der Waals surface area contributed by atoms with Crippen LogP contribution in [0.1, 0.15) is 37.6 Å². The van der Waals surface area contributed by atoms with Crippen molar-refractivity contribution < 1.29 is 14.3 Å². The molecule has 23 heavy (non-hydrogen) atoms. The van der Waals surface area contributed by atoms with Crippen LogP contribution in [-0.2, 0) is 9.53 Å². The van der Waals surface area contributed by atoms with Crippen molar-refractivity contribution >= 4 is 40.6 Å². The van der Waals surface area contributed by atoms with E-state index < -0.39 is 11.6 Å². The van der Waals surface area contributed by atoms with Gasteiger partial charge in [-0.1, -0.05) is 37.0 Å². The molecule has 1 aromatic carbocycles. The molecule has 2 rings (SSSR count). The summed E-state index contributed by atoms with van der Waals surface area (Å²) in [6.45, 7) is 6.99. The molecular formula is C16H20Cl2N2O3. The van der Waals surface area contributed by atoms with Gasteiger partial charge in [0, 0.05) is 10.7 Å². The van der Waals surface area contributed by atoms with Gasteiger partial charge in [0.15, 0.2) is 11.4 Å². The van der Waals surface area contributed by atoms with Crippen molar-refractivity contribution in [2.45, 2.75) is 32.9 Å². The minimum Gasteiger partial charge on any atom is -0.463 e. The van der Waals surface area contributed by atoms with Crippen LogP contribution in [-0.4, -0.2) is 42.0 Å². The summed E-state index contributed by atoms with van der Waals surface area (Å²) in [5.41, 5.74) is -0.417. The van der Waals surface area contributed by atoms with E-state index >= 15 is 0 Å². The lowest BCUT2D eigenvalue weighted by atomic mass is 9.90. The van der Waals surface area contributed by atoms with E-state index in [1.807, 2.05) is 18.7 Å². The van der Waals surface area contributed by atoms with Crippen LogP contribution in [0.25, 0.3) is 0 Å². The van der Waals surface area contributed by atoms with E-state index in [1.54, 1.807) is 13.0 Å². The minimum absolute atomic E-state index is 0.0398. The molecule has 1 atom stereocenters. The quantitative estimate of drug-likeness (QED) is 0.815. The van der Waals surface area contributed by atoms with Crippen LogP contribution in [0.5, 0.6) is 0 Å². The summed E-state index contributed by atoms with van der Waals surface area (Å²) >= 11 is 12.2. The summed E-state index contributed by atoms with van der Waals surface area (Å²) in [4.78, 5) is 27.2. The summed E-state index contributed by atoms with van der Waals surface area (Å²) in [5.74, 6) is -0.681. The number of Topliss-reactive ketones (excluding diaryl/α,β-unsaturated/α-hetero) is 1. The van der Waals surface area contributed by atoms with Gasteiger partial charge in [-0.05, 0) is 32.1 Å². The number of halogens is 2. The third-order valence-corrected chi connectivity index (χ3v) is 4.52. The summed E-state index contributed by atoms with van der Waals surface area (Å²) < 4.78 is 5.23. The Kier molecular flexibility index (Phi) is 5.55. The monoisotopic (exact) mass is 358 g/mol. The number of esters is 1. The maximum absolute atomic E-state index is 12.7. The predicted molar refractivity (Wildman–Crippen MR) is 91.3 cm³/mol. The third-order valence-electron chi connectivity index (χ3n) is 4.01. The number of fused-ring (bicyclic) bond motifs is 1. The highest BCUT2D eigenvalue weighted by Crippen LogP contribution is 2.39. The zero-order valence-electron chi connectivity index (χ0n) is 13.4. The lowest BCUT2D eigenvalue weighted by Crippen LogP contribution is -2.63. The number of nitrogens with zero attached hydrogens (tertiary/aromatic N) is 1. The lowest BCUT2D eigenvalue weighted by Gasteiger charge is -2.44. The van der Waals surface area contributed by atoms with Crippen molar-refractivity contribution in [3.63, 3.8) is 0 Å². The number of benzene rings is 1. The number of ether oxygens (including phenoxy) is 1. The zero-order valence-corrected chi connectivity index (χ0v) is 14.9. The third kappa shape index (κ3) is 3.18. The topological polar surface area (TPSA) is 58.6 Å². The number of nitrogens with one attached hydrogen (secondary N) is 1. The van der Waals surface area contributed by atoms with E-state index in [2.05, 4.69) is 5.32 Å². The average Bonchev–Trinajstić information content (AvgIpc) is 2.47. The van der Waals surface area contributed by atoms with Crippen LogP contribution < -0.4 is 5.32 Å². The van der Waals surface area contributed by atoms with Gasteiger partial charge < -0.3 is 10.1 Å². The summed E-state index contributed by atoms with van der Waals surface area (Å²) in [7, 11) is 0. The highest BCUT2D eigenvalue weighted by atomic mass is 35.5. The molecule has 7 heteroatoms. The molecule has 0 spiro atoms. The smallest absolute Gasteiger partial charge is 0.347 e. The molecule has 5 nitrogen and oxygen atoms in total. The molecule has 1 aromatic rings. The Labute approximate surface area is 145 Å². The summed E-state index contributed by atoms with van der Waals surface area (Å²) in [6, 6.07) is 3.13.